The number of fused-ring (bicyclic) bond motifs is 9. The van der Waals surface area contributed by atoms with Gasteiger partial charge >= 0.3 is 0 Å². The fourth-order valence-electron chi connectivity index (χ4n) is 9.15. The molecule has 1 unspecified atom stereocenters. The zero-order valence-electron chi connectivity index (χ0n) is 28.9. The van der Waals surface area contributed by atoms with E-state index in [1.165, 1.54) is 81.5 Å². The average Bonchev–Trinajstić information content (AvgIpc) is 3.23. The third-order valence-corrected chi connectivity index (χ3v) is 12.4. The summed E-state index contributed by atoms with van der Waals surface area (Å²) in [4.78, 5) is 5.08. The zero-order chi connectivity index (χ0) is 34.9. The van der Waals surface area contributed by atoms with Gasteiger partial charge in [0.2, 0.25) is 0 Å². The molecule has 1 atom stereocenters. The van der Waals surface area contributed by atoms with E-state index in [2.05, 4.69) is 205 Å². The Morgan fingerprint density at radius 3 is 1.89 bits per heavy atom. The van der Waals surface area contributed by atoms with Gasteiger partial charge in [-0.2, -0.15) is 0 Å². The van der Waals surface area contributed by atoms with Gasteiger partial charge in [0.25, 0.3) is 0 Å². The predicted octanol–water partition coefficient (Wildman–Crippen LogP) is 14.0. The third-order valence-electron chi connectivity index (χ3n) is 11.3. The Morgan fingerprint density at radius 1 is 0.377 bits per heavy atom. The van der Waals surface area contributed by atoms with Crippen LogP contribution in [0.3, 0.4) is 0 Å². The molecule has 1 aliphatic heterocycles. The first kappa shape index (κ1) is 30.3. The second kappa shape index (κ2) is 11.8. The zero-order valence-corrected chi connectivity index (χ0v) is 29.7. The maximum atomic E-state index is 2.51. The number of benzene rings is 9. The highest BCUT2D eigenvalue weighted by Crippen LogP contribution is 2.62. The molecule has 248 valence electrons. The second-order valence-corrected chi connectivity index (χ2v) is 15.1. The Balaban J connectivity index is 1.27. The fraction of sp³-hybridized carbons (Fsp3) is 0.0196. The van der Waals surface area contributed by atoms with E-state index in [0.29, 0.717) is 0 Å². The quantitative estimate of drug-likeness (QED) is 0.181. The van der Waals surface area contributed by atoms with Crippen molar-refractivity contribution in [3.05, 3.63) is 222 Å². The number of para-hydroxylation sites is 1. The van der Waals surface area contributed by atoms with Crippen molar-refractivity contribution < 1.29 is 0 Å². The minimum absolute atomic E-state index is 0.527. The maximum absolute atomic E-state index is 2.51. The summed E-state index contributed by atoms with van der Waals surface area (Å²) in [6.07, 6.45) is 0. The van der Waals surface area contributed by atoms with Gasteiger partial charge in [-0.3, -0.25) is 0 Å². The minimum atomic E-state index is -0.527. The highest BCUT2D eigenvalue weighted by Gasteiger charge is 2.48. The molecule has 1 heterocycles. The molecule has 1 spiro atoms. The molecule has 0 saturated heterocycles. The number of rotatable bonds is 4. The molecule has 0 aromatic heterocycles. The molecule has 1 aliphatic carbocycles. The Morgan fingerprint density at radius 2 is 1.02 bits per heavy atom. The van der Waals surface area contributed by atoms with Crippen LogP contribution in [0.1, 0.15) is 22.3 Å². The summed E-state index contributed by atoms with van der Waals surface area (Å²) in [6, 6.07) is 74.2. The van der Waals surface area contributed by atoms with Crippen LogP contribution in [0, 0.1) is 0 Å². The highest BCUT2D eigenvalue weighted by molar-refractivity contribution is 7.99. The van der Waals surface area contributed by atoms with Crippen molar-refractivity contribution in [2.24, 2.45) is 0 Å². The van der Waals surface area contributed by atoms with E-state index in [9.17, 15) is 0 Å². The van der Waals surface area contributed by atoms with Crippen LogP contribution in [0.4, 0.5) is 17.1 Å². The van der Waals surface area contributed by atoms with Crippen LogP contribution in [-0.2, 0) is 5.41 Å². The fourth-order valence-corrected chi connectivity index (χ4v) is 10.3. The molecule has 2 aliphatic rings. The number of anilines is 3. The van der Waals surface area contributed by atoms with Crippen LogP contribution in [0.5, 0.6) is 0 Å². The van der Waals surface area contributed by atoms with E-state index >= 15 is 0 Å². The van der Waals surface area contributed by atoms with E-state index in [1.54, 1.807) is 0 Å². The molecule has 0 radical (unpaired) electrons. The topological polar surface area (TPSA) is 3.24 Å². The first-order valence-electron chi connectivity index (χ1n) is 18.3. The van der Waals surface area contributed by atoms with Crippen molar-refractivity contribution in [1.82, 2.24) is 0 Å². The normalized spacial score (nSPS) is 15.2. The van der Waals surface area contributed by atoms with Gasteiger partial charge in [0, 0.05) is 32.1 Å². The van der Waals surface area contributed by atoms with Crippen molar-refractivity contribution in [3.63, 3.8) is 0 Å². The number of nitrogens with zero attached hydrogens (tertiary/aromatic N) is 1. The van der Waals surface area contributed by atoms with Crippen LogP contribution in [0.2, 0.25) is 0 Å². The van der Waals surface area contributed by atoms with E-state index in [-0.39, 0.29) is 0 Å². The molecule has 0 fully saturated rings. The van der Waals surface area contributed by atoms with Crippen LogP contribution < -0.4 is 4.90 Å². The highest BCUT2D eigenvalue weighted by atomic mass is 32.2. The van der Waals surface area contributed by atoms with Crippen molar-refractivity contribution in [1.29, 1.82) is 0 Å². The molecule has 11 rings (SSSR count). The van der Waals surface area contributed by atoms with Gasteiger partial charge in [-0.1, -0.05) is 176 Å². The SMILES string of the molecule is c1ccc(-c2ccc3ccccc3c2N(c2ccccc2)c2ccc3c(c2)C2(c4ccccc4S3)c3ccccc3-c3cccc4cccc2c34)cc1. The summed E-state index contributed by atoms with van der Waals surface area (Å²) in [7, 11) is 0. The summed E-state index contributed by atoms with van der Waals surface area (Å²) in [5, 5.41) is 5.04. The van der Waals surface area contributed by atoms with Gasteiger partial charge in [0.05, 0.1) is 11.1 Å². The minimum Gasteiger partial charge on any atom is -0.309 e. The van der Waals surface area contributed by atoms with Gasteiger partial charge in [-0.05, 0) is 91.5 Å². The lowest BCUT2D eigenvalue weighted by molar-refractivity contribution is 0.707. The predicted molar refractivity (Wildman–Crippen MR) is 223 cm³/mol. The van der Waals surface area contributed by atoms with Crippen LogP contribution >= 0.6 is 11.8 Å². The Bertz CT molecular complexity index is 2870. The monoisotopic (exact) mass is 691 g/mol. The molecular formula is C51H33NS. The summed E-state index contributed by atoms with van der Waals surface area (Å²) < 4.78 is 0. The second-order valence-electron chi connectivity index (χ2n) is 14.0. The standard InChI is InChI=1S/C51H33NS/c1-3-15-34(16-4-1)40-31-29-35-17-7-8-22-39(35)50(40)52(37-20-5-2-6-21-37)38-30-32-48-46(33-38)51(44-26-11-12-28-47(44)53-48)43-25-10-9-23-41(43)42-24-13-18-36-19-14-27-45(51)49(36)42/h1-33H. The van der Waals surface area contributed by atoms with Gasteiger partial charge in [-0.15, -0.1) is 0 Å². The van der Waals surface area contributed by atoms with E-state index in [0.717, 1.165) is 11.4 Å². The molecule has 0 saturated carbocycles. The first-order chi connectivity index (χ1) is 26.3. The lowest BCUT2D eigenvalue weighted by Crippen LogP contribution is -2.36. The van der Waals surface area contributed by atoms with E-state index < -0.39 is 5.41 Å². The maximum Gasteiger partial charge on any atom is 0.0736 e. The van der Waals surface area contributed by atoms with E-state index in [4.69, 9.17) is 0 Å². The summed E-state index contributed by atoms with van der Waals surface area (Å²) in [5.41, 5.74) is 13.2. The van der Waals surface area contributed by atoms with Crippen molar-refractivity contribution in [2.75, 3.05) is 4.90 Å². The van der Waals surface area contributed by atoms with Gasteiger partial charge < -0.3 is 4.90 Å². The molecule has 9 aromatic rings. The average molecular weight is 692 g/mol. The molecule has 0 amide bonds. The third kappa shape index (κ3) is 4.40. The first-order valence-corrected chi connectivity index (χ1v) is 19.1. The molecule has 9 aromatic carbocycles. The number of hydrogen-bond acceptors (Lipinski definition) is 2. The van der Waals surface area contributed by atoms with Crippen LogP contribution in [-0.4, -0.2) is 0 Å². The van der Waals surface area contributed by atoms with Crippen LogP contribution in [0.25, 0.3) is 43.8 Å². The Labute approximate surface area is 313 Å². The lowest BCUT2D eigenvalue weighted by Gasteiger charge is -2.46. The molecule has 0 bridgehead atoms. The molecule has 53 heavy (non-hydrogen) atoms. The van der Waals surface area contributed by atoms with Gasteiger partial charge in [-0.25, -0.2) is 0 Å². The van der Waals surface area contributed by atoms with Crippen molar-refractivity contribution in [2.45, 2.75) is 15.2 Å². The summed E-state index contributed by atoms with van der Waals surface area (Å²) in [6.45, 7) is 0. The van der Waals surface area contributed by atoms with Crippen LogP contribution in [0.15, 0.2) is 210 Å². The summed E-state index contributed by atoms with van der Waals surface area (Å²) >= 11 is 1.89. The Hall–Kier alpha value is -6.35. The molecule has 0 N–H and O–H groups in total. The Kier molecular flexibility index (Phi) is 6.77. The molecule has 1 nitrogen and oxygen atoms in total. The smallest absolute Gasteiger partial charge is 0.0736 e. The van der Waals surface area contributed by atoms with Gasteiger partial charge in [0.15, 0.2) is 0 Å². The van der Waals surface area contributed by atoms with Gasteiger partial charge in [0.1, 0.15) is 0 Å². The summed E-state index contributed by atoms with van der Waals surface area (Å²) in [5.74, 6) is 0. The van der Waals surface area contributed by atoms with Crippen molar-refractivity contribution in [3.8, 4) is 22.3 Å². The molecular weight excluding hydrogens is 659 g/mol. The lowest BCUT2D eigenvalue weighted by atomic mass is 9.59. The molecule has 2 heteroatoms. The number of hydrogen-bond donors (Lipinski definition) is 0. The largest absolute Gasteiger partial charge is 0.309 e. The van der Waals surface area contributed by atoms with E-state index in [1.807, 2.05) is 11.8 Å². The van der Waals surface area contributed by atoms with Crippen molar-refractivity contribution >= 4 is 50.4 Å².